The summed E-state index contributed by atoms with van der Waals surface area (Å²) in [6.45, 7) is 0. The minimum atomic E-state index is -0.0275. The molecule has 7 heteroatoms. The third-order valence-electron chi connectivity index (χ3n) is 4.76. The summed E-state index contributed by atoms with van der Waals surface area (Å²) >= 11 is 0. The van der Waals surface area contributed by atoms with Crippen molar-refractivity contribution >= 4 is 11.6 Å². The maximum Gasteiger partial charge on any atom is 0.278 e. The molecule has 0 unspecified atom stereocenters. The largest absolute Gasteiger partial charge is 0.477 e. The highest BCUT2D eigenvalue weighted by Crippen LogP contribution is 2.27. The van der Waals surface area contributed by atoms with E-state index < -0.39 is 0 Å². The molecule has 1 aromatic heterocycles. The average molecular weight is 370 g/mol. The minimum Gasteiger partial charge on any atom is -0.477 e. The van der Waals surface area contributed by atoms with Crippen molar-refractivity contribution in [2.45, 2.75) is 37.8 Å². The van der Waals surface area contributed by atoms with Crippen molar-refractivity contribution in [3.63, 3.8) is 0 Å². The molecule has 1 aromatic carbocycles. The maximum absolute atomic E-state index is 12.5. The second-order valence-corrected chi connectivity index (χ2v) is 6.88. The van der Waals surface area contributed by atoms with E-state index in [1.807, 2.05) is 43.3 Å². The molecule has 0 spiro atoms. The van der Waals surface area contributed by atoms with Gasteiger partial charge < -0.3 is 19.7 Å². The smallest absolute Gasteiger partial charge is 0.278 e. The lowest BCUT2D eigenvalue weighted by Gasteiger charge is -2.29. The Balaban J connectivity index is 1.49. The van der Waals surface area contributed by atoms with E-state index in [1.165, 1.54) is 0 Å². The highest BCUT2D eigenvalue weighted by Gasteiger charge is 2.25. The lowest BCUT2D eigenvalue weighted by atomic mass is 9.92. The van der Waals surface area contributed by atoms with Gasteiger partial charge in [-0.15, -0.1) is 0 Å². The average Bonchev–Trinajstić information content (AvgIpc) is 2.70. The normalized spacial score (nSPS) is 19.2. The van der Waals surface area contributed by atoms with Crippen molar-refractivity contribution in [3.8, 4) is 11.8 Å². The topological polar surface area (TPSA) is 76.6 Å². The first kappa shape index (κ1) is 18.9. The van der Waals surface area contributed by atoms with Gasteiger partial charge in [-0.05, 0) is 49.9 Å². The Morgan fingerprint density at radius 3 is 2.26 bits per heavy atom. The first-order valence-corrected chi connectivity index (χ1v) is 9.16. The molecule has 1 saturated carbocycles. The molecule has 1 heterocycles. The zero-order valence-corrected chi connectivity index (χ0v) is 16.0. The number of hydrogen-bond acceptors (Lipinski definition) is 6. The van der Waals surface area contributed by atoms with E-state index in [-0.39, 0.29) is 18.1 Å². The Labute approximate surface area is 159 Å². The Morgan fingerprint density at radius 2 is 1.67 bits per heavy atom. The Bertz CT molecular complexity index is 756. The molecule has 1 N–H and O–H groups in total. The maximum atomic E-state index is 12.5. The molecule has 27 heavy (non-hydrogen) atoms. The number of ether oxygens (including phenoxy) is 2. The molecule has 144 valence electrons. The van der Waals surface area contributed by atoms with Crippen molar-refractivity contribution in [1.29, 1.82) is 0 Å². The number of nitrogens with one attached hydrogen (secondary N) is 1. The number of aromatic nitrogens is 2. The van der Waals surface area contributed by atoms with Gasteiger partial charge in [0.05, 0.1) is 7.11 Å². The van der Waals surface area contributed by atoms with Crippen LogP contribution in [-0.4, -0.2) is 49.2 Å². The van der Waals surface area contributed by atoms with Crippen LogP contribution in [0.3, 0.4) is 0 Å². The number of carbonyl (C=O) groups excluding carboxylic acids is 1. The molecule has 1 amide bonds. The lowest BCUT2D eigenvalue weighted by molar-refractivity contribution is 0.0886. The highest BCUT2D eigenvalue weighted by atomic mass is 16.5. The van der Waals surface area contributed by atoms with Gasteiger partial charge in [0.1, 0.15) is 6.10 Å². The van der Waals surface area contributed by atoms with Crippen molar-refractivity contribution in [2.75, 3.05) is 26.1 Å². The molecule has 0 aliphatic heterocycles. The monoisotopic (exact) mass is 370 g/mol. The quantitative estimate of drug-likeness (QED) is 0.842. The van der Waals surface area contributed by atoms with E-state index in [2.05, 4.69) is 15.3 Å². The summed E-state index contributed by atoms with van der Waals surface area (Å²) in [4.78, 5) is 22.8. The van der Waals surface area contributed by atoms with Crippen LogP contribution in [0, 0.1) is 0 Å². The molecular weight excluding hydrogens is 344 g/mol. The second kappa shape index (κ2) is 8.70. The zero-order valence-electron chi connectivity index (χ0n) is 16.0. The lowest BCUT2D eigenvalue weighted by Crippen LogP contribution is -2.39. The number of hydrogen-bond donors (Lipinski definition) is 1. The summed E-state index contributed by atoms with van der Waals surface area (Å²) in [6, 6.07) is 7.79. The molecule has 1 fully saturated rings. The summed E-state index contributed by atoms with van der Waals surface area (Å²) in [5.74, 6) is 0.794. The van der Waals surface area contributed by atoms with Gasteiger partial charge in [-0.1, -0.05) is 0 Å². The number of rotatable bonds is 6. The number of benzene rings is 1. The molecule has 3 rings (SSSR count). The molecule has 1 aliphatic rings. The van der Waals surface area contributed by atoms with Crippen LogP contribution in [0.15, 0.2) is 36.7 Å². The third kappa shape index (κ3) is 4.87. The van der Waals surface area contributed by atoms with Crippen molar-refractivity contribution in [2.24, 2.45) is 0 Å². The highest BCUT2D eigenvalue weighted by molar-refractivity contribution is 5.94. The van der Waals surface area contributed by atoms with E-state index >= 15 is 0 Å². The van der Waals surface area contributed by atoms with Crippen LogP contribution in [-0.2, 0) is 0 Å². The van der Waals surface area contributed by atoms with Crippen LogP contribution in [0.2, 0.25) is 0 Å². The van der Waals surface area contributed by atoms with Crippen molar-refractivity contribution in [1.82, 2.24) is 15.3 Å². The van der Waals surface area contributed by atoms with Gasteiger partial charge in [0.2, 0.25) is 0 Å². The third-order valence-corrected chi connectivity index (χ3v) is 4.76. The van der Waals surface area contributed by atoms with Gasteiger partial charge in [-0.2, -0.15) is 0 Å². The SMILES string of the molecule is COc1nccnc1OC1CCC(NC(=O)c2ccc(N(C)C)cc2)CC1. The predicted octanol–water partition coefficient (Wildman–Crippen LogP) is 2.67. The van der Waals surface area contributed by atoms with Gasteiger partial charge in [0.15, 0.2) is 0 Å². The molecule has 7 nitrogen and oxygen atoms in total. The van der Waals surface area contributed by atoms with Crippen LogP contribution in [0.5, 0.6) is 11.8 Å². The number of carbonyl (C=O) groups is 1. The summed E-state index contributed by atoms with van der Waals surface area (Å²) in [7, 11) is 5.51. The van der Waals surface area contributed by atoms with Crippen LogP contribution >= 0.6 is 0 Å². The molecule has 0 bridgehead atoms. The van der Waals surface area contributed by atoms with Crippen molar-refractivity contribution in [3.05, 3.63) is 42.2 Å². The van der Waals surface area contributed by atoms with Crippen molar-refractivity contribution < 1.29 is 14.3 Å². The second-order valence-electron chi connectivity index (χ2n) is 6.88. The Morgan fingerprint density at radius 1 is 1.04 bits per heavy atom. The van der Waals surface area contributed by atoms with Gasteiger partial charge in [0, 0.05) is 43.8 Å². The molecule has 0 saturated heterocycles. The molecule has 2 aromatic rings. The van der Waals surface area contributed by atoms with Crippen LogP contribution < -0.4 is 19.7 Å². The first-order chi connectivity index (χ1) is 13.1. The predicted molar refractivity (Wildman–Crippen MR) is 103 cm³/mol. The zero-order chi connectivity index (χ0) is 19.2. The summed E-state index contributed by atoms with van der Waals surface area (Å²) in [5.41, 5.74) is 1.76. The molecule has 1 aliphatic carbocycles. The standard InChI is InChI=1S/C20H26N4O3/c1-24(2)16-8-4-14(5-9-16)18(25)23-15-6-10-17(11-7-15)27-20-19(26-3)21-12-13-22-20/h4-5,8-9,12-13,15,17H,6-7,10-11H2,1-3H3,(H,23,25). The van der Waals surface area contributed by atoms with Gasteiger partial charge in [-0.25, -0.2) is 9.97 Å². The summed E-state index contributed by atoms with van der Waals surface area (Å²) < 4.78 is 11.1. The molecular formula is C20H26N4O3. The molecule has 0 atom stereocenters. The van der Waals surface area contributed by atoms with E-state index in [0.29, 0.717) is 17.3 Å². The first-order valence-electron chi connectivity index (χ1n) is 9.16. The van der Waals surface area contributed by atoms with E-state index in [9.17, 15) is 4.79 Å². The van der Waals surface area contributed by atoms with Crippen LogP contribution in [0.1, 0.15) is 36.0 Å². The Hall–Kier alpha value is -2.83. The van der Waals surface area contributed by atoms with Gasteiger partial charge in [0.25, 0.3) is 17.7 Å². The fourth-order valence-corrected chi connectivity index (χ4v) is 3.20. The van der Waals surface area contributed by atoms with E-state index in [0.717, 1.165) is 31.4 Å². The summed E-state index contributed by atoms with van der Waals surface area (Å²) in [5, 5.41) is 3.13. The summed E-state index contributed by atoms with van der Waals surface area (Å²) in [6.07, 6.45) is 6.66. The molecule has 0 radical (unpaired) electrons. The van der Waals surface area contributed by atoms with E-state index in [4.69, 9.17) is 9.47 Å². The van der Waals surface area contributed by atoms with Gasteiger partial charge >= 0.3 is 0 Å². The minimum absolute atomic E-state index is 0.0275. The van der Waals surface area contributed by atoms with Gasteiger partial charge in [-0.3, -0.25) is 4.79 Å². The fraction of sp³-hybridized carbons (Fsp3) is 0.450. The van der Waals surface area contributed by atoms with E-state index in [1.54, 1.807) is 19.5 Å². The number of methoxy groups -OCH3 is 1. The Kier molecular flexibility index (Phi) is 6.11. The fourth-order valence-electron chi connectivity index (χ4n) is 3.20. The number of anilines is 1. The number of amides is 1. The van der Waals surface area contributed by atoms with Crippen LogP contribution in [0.25, 0.3) is 0 Å². The number of nitrogens with zero attached hydrogens (tertiary/aromatic N) is 3. The van der Waals surface area contributed by atoms with Crippen LogP contribution in [0.4, 0.5) is 5.69 Å².